The second kappa shape index (κ2) is 7.19. The van der Waals surface area contributed by atoms with Crippen molar-refractivity contribution in [2.45, 2.75) is 17.7 Å². The zero-order valence-electron chi connectivity index (χ0n) is 10.9. The molecule has 2 aromatic carbocycles. The summed E-state index contributed by atoms with van der Waals surface area (Å²) in [7, 11) is -3.38. The van der Waals surface area contributed by atoms with Crippen LogP contribution >= 0.6 is 22.6 Å². The van der Waals surface area contributed by atoms with E-state index in [-0.39, 0.29) is 0 Å². The van der Waals surface area contributed by atoms with Crippen LogP contribution in [0.4, 0.5) is 0 Å². The number of nitrogens with one attached hydrogen (secondary N) is 1. The summed E-state index contributed by atoms with van der Waals surface area (Å²) in [6.07, 6.45) is 1.66. The molecule has 1 N–H and O–H groups in total. The summed E-state index contributed by atoms with van der Waals surface area (Å²) >= 11 is 2.15. The monoisotopic (exact) mass is 401 g/mol. The number of halogens is 1. The Morgan fingerprint density at radius 2 is 1.60 bits per heavy atom. The molecule has 106 valence electrons. The zero-order chi connectivity index (χ0) is 14.4. The van der Waals surface area contributed by atoms with Gasteiger partial charge in [-0.05, 0) is 65.3 Å². The number of hydrogen-bond donors (Lipinski definition) is 1. The molecule has 0 unspecified atom stereocenters. The molecule has 5 heteroatoms. The van der Waals surface area contributed by atoms with Gasteiger partial charge in [-0.1, -0.05) is 30.3 Å². The van der Waals surface area contributed by atoms with Crippen molar-refractivity contribution < 1.29 is 8.42 Å². The van der Waals surface area contributed by atoms with Crippen LogP contribution < -0.4 is 4.72 Å². The first-order valence-electron chi connectivity index (χ1n) is 6.37. The van der Waals surface area contributed by atoms with E-state index in [1.54, 1.807) is 24.3 Å². The van der Waals surface area contributed by atoms with Crippen molar-refractivity contribution in [3.63, 3.8) is 0 Å². The summed E-state index contributed by atoms with van der Waals surface area (Å²) < 4.78 is 27.7. The maximum absolute atomic E-state index is 12.0. The van der Waals surface area contributed by atoms with Crippen molar-refractivity contribution in [3.05, 3.63) is 63.7 Å². The first kappa shape index (κ1) is 15.5. The lowest BCUT2D eigenvalue weighted by Gasteiger charge is -2.07. The van der Waals surface area contributed by atoms with Crippen LogP contribution in [-0.4, -0.2) is 15.0 Å². The predicted octanol–water partition coefficient (Wildman–Crippen LogP) is 3.20. The second-order valence-electron chi connectivity index (χ2n) is 4.44. The van der Waals surface area contributed by atoms with Gasteiger partial charge in [-0.2, -0.15) is 0 Å². The summed E-state index contributed by atoms with van der Waals surface area (Å²) in [6.45, 7) is 0.448. The third kappa shape index (κ3) is 4.57. The van der Waals surface area contributed by atoms with Crippen molar-refractivity contribution in [3.8, 4) is 0 Å². The van der Waals surface area contributed by atoms with Gasteiger partial charge in [-0.3, -0.25) is 0 Å². The van der Waals surface area contributed by atoms with Crippen LogP contribution in [-0.2, 0) is 16.4 Å². The molecule has 3 nitrogen and oxygen atoms in total. The number of benzene rings is 2. The molecule has 0 heterocycles. The minimum atomic E-state index is -3.38. The minimum absolute atomic E-state index is 0.317. The SMILES string of the molecule is O=S(=O)(NCCCc1ccccc1)c1ccc(I)cc1. The maximum Gasteiger partial charge on any atom is 0.240 e. The van der Waals surface area contributed by atoms with E-state index in [4.69, 9.17) is 0 Å². The van der Waals surface area contributed by atoms with Gasteiger partial charge in [0.2, 0.25) is 10.0 Å². The van der Waals surface area contributed by atoms with Gasteiger partial charge in [-0.15, -0.1) is 0 Å². The lowest BCUT2D eigenvalue weighted by molar-refractivity contribution is 0.579. The summed E-state index contributed by atoms with van der Waals surface area (Å²) in [5.41, 5.74) is 1.22. The highest BCUT2D eigenvalue weighted by Gasteiger charge is 2.12. The molecular formula is C15H16INO2S. The van der Waals surface area contributed by atoms with Gasteiger partial charge in [0.05, 0.1) is 4.90 Å². The Balaban J connectivity index is 1.85. The largest absolute Gasteiger partial charge is 0.240 e. The van der Waals surface area contributed by atoms with Crippen LogP contribution in [0.25, 0.3) is 0 Å². The Bertz CT molecular complexity index is 639. The number of aryl methyl sites for hydroxylation is 1. The molecule has 0 atom stereocenters. The molecule has 0 radical (unpaired) electrons. The quantitative estimate of drug-likeness (QED) is 0.597. The Morgan fingerprint density at radius 3 is 2.25 bits per heavy atom. The molecule has 2 rings (SSSR count). The molecule has 0 spiro atoms. The summed E-state index contributed by atoms with van der Waals surface area (Å²) in [5, 5.41) is 0. The molecule has 0 bridgehead atoms. The van der Waals surface area contributed by atoms with Gasteiger partial charge in [-0.25, -0.2) is 13.1 Å². The minimum Gasteiger partial charge on any atom is -0.211 e. The predicted molar refractivity (Wildman–Crippen MR) is 89.1 cm³/mol. The summed E-state index contributed by atoms with van der Waals surface area (Å²) in [4.78, 5) is 0.317. The normalized spacial score (nSPS) is 11.4. The number of hydrogen-bond acceptors (Lipinski definition) is 2. The average Bonchev–Trinajstić information content (AvgIpc) is 2.45. The van der Waals surface area contributed by atoms with Crippen LogP contribution in [0.2, 0.25) is 0 Å². The molecule has 0 aliphatic rings. The fraction of sp³-hybridized carbons (Fsp3) is 0.200. The van der Waals surface area contributed by atoms with Crippen LogP contribution in [0.3, 0.4) is 0 Å². The summed E-state index contributed by atoms with van der Waals surface area (Å²) in [5.74, 6) is 0. The van der Waals surface area contributed by atoms with Crippen LogP contribution in [0, 0.1) is 3.57 Å². The van der Waals surface area contributed by atoms with Crippen molar-refractivity contribution in [2.24, 2.45) is 0 Å². The molecule has 0 fully saturated rings. The van der Waals surface area contributed by atoms with E-state index in [9.17, 15) is 8.42 Å². The molecule has 0 amide bonds. The van der Waals surface area contributed by atoms with Crippen LogP contribution in [0.5, 0.6) is 0 Å². The first-order valence-corrected chi connectivity index (χ1v) is 8.93. The van der Waals surface area contributed by atoms with E-state index < -0.39 is 10.0 Å². The van der Waals surface area contributed by atoms with Gasteiger partial charge in [0.15, 0.2) is 0 Å². The van der Waals surface area contributed by atoms with Crippen molar-refractivity contribution in [1.82, 2.24) is 4.72 Å². The fourth-order valence-electron chi connectivity index (χ4n) is 1.84. The third-order valence-corrected chi connectivity index (χ3v) is 5.10. The maximum atomic E-state index is 12.0. The highest BCUT2D eigenvalue weighted by Crippen LogP contribution is 2.12. The molecule has 0 saturated carbocycles. The van der Waals surface area contributed by atoms with Gasteiger partial charge in [0, 0.05) is 10.1 Å². The van der Waals surface area contributed by atoms with Crippen molar-refractivity contribution in [2.75, 3.05) is 6.54 Å². The van der Waals surface area contributed by atoms with Crippen molar-refractivity contribution in [1.29, 1.82) is 0 Å². The van der Waals surface area contributed by atoms with Gasteiger partial charge in [0.1, 0.15) is 0 Å². The van der Waals surface area contributed by atoms with E-state index in [2.05, 4.69) is 27.3 Å². The van der Waals surface area contributed by atoms with Gasteiger partial charge >= 0.3 is 0 Å². The fourth-order valence-corrected chi connectivity index (χ4v) is 3.27. The van der Waals surface area contributed by atoms with Crippen LogP contribution in [0.15, 0.2) is 59.5 Å². The lowest BCUT2D eigenvalue weighted by atomic mass is 10.1. The van der Waals surface area contributed by atoms with E-state index in [1.165, 1.54) is 5.56 Å². The van der Waals surface area contributed by atoms with Crippen LogP contribution in [0.1, 0.15) is 12.0 Å². The van der Waals surface area contributed by atoms with E-state index in [0.717, 1.165) is 16.4 Å². The van der Waals surface area contributed by atoms with Gasteiger partial charge in [0.25, 0.3) is 0 Å². The molecule has 2 aromatic rings. The first-order chi connectivity index (χ1) is 9.58. The third-order valence-electron chi connectivity index (χ3n) is 2.90. The summed E-state index contributed by atoms with van der Waals surface area (Å²) in [6, 6.07) is 16.9. The number of sulfonamides is 1. The Kier molecular flexibility index (Phi) is 5.56. The molecule has 0 saturated heterocycles. The molecule has 20 heavy (non-hydrogen) atoms. The Hall–Kier alpha value is -0.920. The van der Waals surface area contributed by atoms with E-state index in [1.807, 2.05) is 30.3 Å². The van der Waals surface area contributed by atoms with E-state index in [0.29, 0.717) is 11.4 Å². The zero-order valence-corrected chi connectivity index (χ0v) is 13.9. The standard InChI is InChI=1S/C15H16INO2S/c16-14-8-10-15(11-9-14)20(18,19)17-12-4-7-13-5-2-1-3-6-13/h1-3,5-6,8-11,17H,4,7,12H2. The molecule has 0 aliphatic heterocycles. The number of rotatable bonds is 6. The average molecular weight is 401 g/mol. The van der Waals surface area contributed by atoms with Crippen molar-refractivity contribution >= 4 is 32.6 Å². The van der Waals surface area contributed by atoms with Gasteiger partial charge < -0.3 is 0 Å². The Morgan fingerprint density at radius 1 is 0.950 bits per heavy atom. The highest BCUT2D eigenvalue weighted by atomic mass is 127. The molecule has 0 aliphatic carbocycles. The second-order valence-corrected chi connectivity index (χ2v) is 7.45. The topological polar surface area (TPSA) is 46.2 Å². The smallest absolute Gasteiger partial charge is 0.211 e. The lowest BCUT2D eigenvalue weighted by Crippen LogP contribution is -2.25. The highest BCUT2D eigenvalue weighted by molar-refractivity contribution is 14.1. The van der Waals surface area contributed by atoms with E-state index >= 15 is 0 Å². The molecular weight excluding hydrogens is 385 g/mol. The Labute approximate surface area is 133 Å². The molecule has 0 aromatic heterocycles.